The number of aromatic nitrogens is 4. The van der Waals surface area contributed by atoms with E-state index in [2.05, 4.69) is 25.6 Å². The maximum Gasteiger partial charge on any atom is 0.410 e. The van der Waals surface area contributed by atoms with Crippen molar-refractivity contribution >= 4 is 29.0 Å². The Labute approximate surface area is 233 Å². The van der Waals surface area contributed by atoms with Gasteiger partial charge in [-0.3, -0.25) is 9.36 Å². The maximum atomic E-state index is 12.8. The van der Waals surface area contributed by atoms with E-state index >= 15 is 0 Å². The number of amides is 2. The number of hydrogen-bond donors (Lipinski definition) is 3. The van der Waals surface area contributed by atoms with Gasteiger partial charge in [-0.15, -0.1) is 0 Å². The molecule has 220 valence electrons. The fourth-order valence-corrected chi connectivity index (χ4v) is 5.45. The third-order valence-electron chi connectivity index (χ3n) is 7.18. The highest BCUT2D eigenvalue weighted by Gasteiger charge is 2.56. The minimum absolute atomic E-state index is 0.0603. The molecule has 2 unspecified atom stereocenters. The molecule has 2 aromatic heterocycles. The predicted octanol–water partition coefficient (Wildman–Crippen LogP) is 1.18. The summed E-state index contributed by atoms with van der Waals surface area (Å²) in [5.41, 5.74) is 6.46. The normalized spacial score (nSPS) is 28.0. The first-order valence-corrected chi connectivity index (χ1v) is 13.8. The number of hydrogen-bond acceptors (Lipinski definition) is 11. The topological polar surface area (TPSA) is 168 Å². The van der Waals surface area contributed by atoms with E-state index in [1.807, 2.05) is 34.6 Å². The van der Waals surface area contributed by atoms with E-state index in [4.69, 9.17) is 24.7 Å². The Balaban J connectivity index is 1.12. The molecule has 3 aliphatic rings. The van der Waals surface area contributed by atoms with Crippen molar-refractivity contribution < 1.29 is 28.5 Å². The van der Waals surface area contributed by atoms with Crippen molar-refractivity contribution in [3.63, 3.8) is 0 Å². The lowest BCUT2D eigenvalue weighted by molar-refractivity contribution is -0.195. The third-order valence-corrected chi connectivity index (χ3v) is 7.18. The molecule has 3 saturated heterocycles. The molecule has 4 N–H and O–H groups in total. The molecule has 0 aromatic carbocycles. The zero-order valence-electron chi connectivity index (χ0n) is 23.8. The highest BCUT2D eigenvalue weighted by molar-refractivity contribution is 5.81. The van der Waals surface area contributed by atoms with E-state index in [1.165, 1.54) is 6.33 Å². The molecular formula is C26H40N8O6. The Morgan fingerprint density at radius 3 is 2.73 bits per heavy atom. The third kappa shape index (κ3) is 6.14. The second-order valence-electron chi connectivity index (χ2n) is 12.0. The predicted molar refractivity (Wildman–Crippen MR) is 144 cm³/mol. The monoisotopic (exact) mass is 560 g/mol. The van der Waals surface area contributed by atoms with Crippen LogP contribution >= 0.6 is 0 Å². The summed E-state index contributed by atoms with van der Waals surface area (Å²) in [5.74, 6) is -0.778. The van der Waals surface area contributed by atoms with Crippen molar-refractivity contribution in [2.24, 2.45) is 5.92 Å². The standard InChI is InChI=1S/C26H40N8O6/c1-25(2,3)40-24(36)33-10-6-7-15(12-33)22(35)29-9-8-28-11-16-18-19(39-26(4,5)38-18)23(37-16)34-14-32-17-20(27)30-13-31-21(17)34/h13-16,18-19,23,28H,6-12H2,1-5H3,(H,29,35)(H2,27,30,31)/t15?,16-,18+,19?,23-/m1/s1. The molecule has 2 amide bonds. The minimum Gasteiger partial charge on any atom is -0.444 e. The zero-order chi connectivity index (χ0) is 28.7. The fraction of sp³-hybridized carbons (Fsp3) is 0.731. The number of ether oxygens (including phenoxy) is 4. The molecule has 14 heteroatoms. The van der Waals surface area contributed by atoms with Crippen LogP contribution in [0.15, 0.2) is 12.7 Å². The summed E-state index contributed by atoms with van der Waals surface area (Å²) in [7, 11) is 0. The number of fused-ring (bicyclic) bond motifs is 2. The summed E-state index contributed by atoms with van der Waals surface area (Å²) < 4.78 is 26.0. The second-order valence-corrected chi connectivity index (χ2v) is 12.0. The number of nitrogens with two attached hydrogens (primary N) is 1. The summed E-state index contributed by atoms with van der Waals surface area (Å²) in [6.45, 7) is 11.7. The van der Waals surface area contributed by atoms with Crippen molar-refractivity contribution in [1.29, 1.82) is 0 Å². The number of imidazole rings is 1. The smallest absolute Gasteiger partial charge is 0.410 e. The van der Waals surface area contributed by atoms with Gasteiger partial charge in [-0.1, -0.05) is 0 Å². The van der Waals surface area contributed by atoms with Gasteiger partial charge in [0.05, 0.1) is 12.2 Å². The number of carbonyl (C=O) groups is 2. The van der Waals surface area contributed by atoms with Crippen LogP contribution in [0.2, 0.25) is 0 Å². The summed E-state index contributed by atoms with van der Waals surface area (Å²) in [6, 6.07) is 0. The maximum absolute atomic E-state index is 12.8. The lowest BCUT2D eigenvalue weighted by atomic mass is 9.97. The van der Waals surface area contributed by atoms with E-state index in [0.29, 0.717) is 49.7 Å². The van der Waals surface area contributed by atoms with Crippen LogP contribution in [-0.4, -0.2) is 98.8 Å². The van der Waals surface area contributed by atoms with Gasteiger partial charge < -0.3 is 40.2 Å². The van der Waals surface area contributed by atoms with Gasteiger partial charge in [0.1, 0.15) is 35.8 Å². The summed E-state index contributed by atoms with van der Waals surface area (Å²) in [6.07, 6.45) is 2.68. The van der Waals surface area contributed by atoms with Gasteiger partial charge in [0.25, 0.3) is 0 Å². The Kier molecular flexibility index (Phi) is 7.88. The Morgan fingerprint density at radius 2 is 1.95 bits per heavy atom. The van der Waals surface area contributed by atoms with E-state index < -0.39 is 17.6 Å². The highest BCUT2D eigenvalue weighted by Crippen LogP contribution is 2.43. The van der Waals surface area contributed by atoms with Crippen molar-refractivity contribution in [3.8, 4) is 0 Å². The first-order valence-electron chi connectivity index (χ1n) is 13.8. The van der Waals surface area contributed by atoms with E-state index in [-0.39, 0.29) is 36.2 Å². The zero-order valence-corrected chi connectivity index (χ0v) is 23.8. The lowest BCUT2D eigenvalue weighted by Crippen LogP contribution is -2.48. The number of nitrogen functional groups attached to an aromatic ring is 1. The number of piperidine rings is 1. The molecule has 40 heavy (non-hydrogen) atoms. The first-order chi connectivity index (χ1) is 18.9. The minimum atomic E-state index is -0.763. The molecule has 2 aromatic rings. The average molecular weight is 561 g/mol. The number of nitrogens with zero attached hydrogens (tertiary/aromatic N) is 5. The van der Waals surface area contributed by atoms with Crippen LogP contribution in [0, 0.1) is 5.92 Å². The number of rotatable bonds is 7. The molecule has 5 atom stereocenters. The summed E-state index contributed by atoms with van der Waals surface area (Å²) in [5, 5.41) is 6.35. The van der Waals surface area contributed by atoms with Gasteiger partial charge in [0.2, 0.25) is 5.91 Å². The number of likely N-dealkylation sites (tertiary alicyclic amines) is 1. The molecule has 3 fully saturated rings. The van der Waals surface area contributed by atoms with Gasteiger partial charge in [-0.25, -0.2) is 19.7 Å². The molecule has 0 spiro atoms. The fourth-order valence-electron chi connectivity index (χ4n) is 5.45. The van der Waals surface area contributed by atoms with Crippen LogP contribution in [0.5, 0.6) is 0 Å². The SMILES string of the molecule is CC(C)(C)OC(=O)N1CCCC(C(=O)NCCNC[C@H]2O[C@@H](n3cnc4c(N)ncnc43)C3OC(C)(C)O[C@H]32)C1. The Morgan fingerprint density at radius 1 is 1.18 bits per heavy atom. The van der Waals surface area contributed by atoms with Gasteiger partial charge in [-0.2, -0.15) is 0 Å². The lowest BCUT2D eigenvalue weighted by Gasteiger charge is -2.33. The van der Waals surface area contributed by atoms with E-state index in [1.54, 1.807) is 15.8 Å². The van der Waals surface area contributed by atoms with E-state index in [0.717, 1.165) is 12.8 Å². The summed E-state index contributed by atoms with van der Waals surface area (Å²) in [4.78, 5) is 39.5. The van der Waals surface area contributed by atoms with Crippen LogP contribution in [0.25, 0.3) is 11.2 Å². The van der Waals surface area contributed by atoms with Gasteiger partial charge in [0.15, 0.2) is 23.5 Å². The molecule has 0 bridgehead atoms. The average Bonchev–Trinajstić information content (AvgIpc) is 3.54. The second kappa shape index (κ2) is 11.1. The van der Waals surface area contributed by atoms with Crippen LogP contribution in [0.3, 0.4) is 0 Å². The quantitative estimate of drug-likeness (QED) is 0.416. The molecule has 14 nitrogen and oxygen atoms in total. The highest BCUT2D eigenvalue weighted by atomic mass is 16.8. The number of anilines is 1. The van der Waals surface area contributed by atoms with Gasteiger partial charge >= 0.3 is 6.09 Å². The van der Waals surface area contributed by atoms with Gasteiger partial charge in [-0.05, 0) is 47.5 Å². The molecule has 0 radical (unpaired) electrons. The molecule has 5 heterocycles. The van der Waals surface area contributed by atoms with Crippen molar-refractivity contribution in [2.45, 2.75) is 83.4 Å². The van der Waals surface area contributed by atoms with E-state index in [9.17, 15) is 9.59 Å². The van der Waals surface area contributed by atoms with Crippen LogP contribution in [0.4, 0.5) is 10.6 Å². The summed E-state index contributed by atoms with van der Waals surface area (Å²) >= 11 is 0. The van der Waals surface area contributed by atoms with Crippen molar-refractivity contribution in [3.05, 3.63) is 12.7 Å². The Bertz CT molecular complexity index is 1230. The first kappa shape index (κ1) is 28.5. The number of carbonyl (C=O) groups excluding carboxylic acids is 2. The molecule has 5 rings (SSSR count). The Hall–Kier alpha value is -3.07. The molecular weight excluding hydrogens is 520 g/mol. The van der Waals surface area contributed by atoms with Crippen LogP contribution < -0.4 is 16.4 Å². The van der Waals surface area contributed by atoms with Crippen molar-refractivity contribution in [2.75, 3.05) is 38.5 Å². The molecule has 3 aliphatic heterocycles. The van der Waals surface area contributed by atoms with Crippen molar-refractivity contribution in [1.82, 2.24) is 35.1 Å². The largest absolute Gasteiger partial charge is 0.444 e. The van der Waals surface area contributed by atoms with Crippen LogP contribution in [0.1, 0.15) is 53.7 Å². The number of nitrogens with one attached hydrogen (secondary N) is 2. The van der Waals surface area contributed by atoms with Crippen LogP contribution in [-0.2, 0) is 23.7 Å². The van der Waals surface area contributed by atoms with Gasteiger partial charge in [0, 0.05) is 32.7 Å². The molecule has 0 saturated carbocycles. The molecule has 0 aliphatic carbocycles.